The monoisotopic (exact) mass is 596 g/mol. The van der Waals surface area contributed by atoms with E-state index in [1.54, 1.807) is 48.5 Å². The molecule has 0 radical (unpaired) electrons. The SMILES string of the molecule is NNC(N)=Nc1ccc(C(=O)Oc2ccc(CCC(=O)N(CC(=O)ON)Cc3cccc(CC(=O)O)c3)c(Cl)c2)cc1. The number of nitrogens with zero attached hydrogens (tertiary/aromatic N) is 2. The van der Waals surface area contributed by atoms with E-state index in [-0.39, 0.29) is 54.0 Å². The molecule has 0 aliphatic rings. The summed E-state index contributed by atoms with van der Waals surface area (Å²) < 4.78 is 5.41. The van der Waals surface area contributed by atoms with Crippen molar-refractivity contribution in [3.63, 3.8) is 0 Å². The van der Waals surface area contributed by atoms with Crippen molar-refractivity contribution >= 4 is 47.1 Å². The maximum Gasteiger partial charge on any atom is 0.344 e. The Morgan fingerprint density at radius 3 is 2.36 bits per heavy atom. The number of nitrogens with one attached hydrogen (secondary N) is 1. The fourth-order valence-corrected chi connectivity index (χ4v) is 4.13. The van der Waals surface area contributed by atoms with E-state index in [0.717, 1.165) is 0 Å². The van der Waals surface area contributed by atoms with Gasteiger partial charge < -0.3 is 25.3 Å². The molecule has 0 aromatic heterocycles. The molecule has 0 spiro atoms. The molecule has 42 heavy (non-hydrogen) atoms. The number of aliphatic imine (C=N–C) groups is 1. The first-order valence-corrected chi connectivity index (χ1v) is 12.8. The minimum atomic E-state index is -0.990. The second-order valence-electron chi connectivity index (χ2n) is 8.96. The number of aliphatic carboxylic acids is 1. The standard InChI is InChI=1S/C28H29ClN6O7/c29-23-14-22(41-27(40)20-4-8-21(9-5-20)33-28(30)34-31)10-6-19(23)7-11-24(36)35(16-26(39)42-32)15-18-3-1-2-17(12-18)13-25(37)38/h1-6,8-10,12,14H,7,11,13,15-16,31-32H2,(H,37,38)(H3,30,33,34). The number of hydrazine groups is 1. The van der Waals surface area contributed by atoms with Gasteiger partial charge in [0, 0.05) is 18.0 Å². The van der Waals surface area contributed by atoms with Crippen molar-refractivity contribution in [2.24, 2.45) is 22.5 Å². The number of aryl methyl sites for hydroxylation is 1. The molecule has 0 fully saturated rings. The third-order valence-corrected chi connectivity index (χ3v) is 6.22. The van der Waals surface area contributed by atoms with Gasteiger partial charge in [0.2, 0.25) is 11.9 Å². The summed E-state index contributed by atoms with van der Waals surface area (Å²) in [7, 11) is 0. The summed E-state index contributed by atoms with van der Waals surface area (Å²) in [6.45, 7) is -0.361. The van der Waals surface area contributed by atoms with Crippen LogP contribution in [0, 0.1) is 0 Å². The van der Waals surface area contributed by atoms with Gasteiger partial charge in [-0.15, -0.1) is 0 Å². The second kappa shape index (κ2) is 15.1. The second-order valence-corrected chi connectivity index (χ2v) is 9.37. The molecule has 13 nitrogen and oxygen atoms in total. The molecule has 3 aromatic rings. The number of esters is 1. The number of nitrogens with two attached hydrogens (primary N) is 3. The smallest absolute Gasteiger partial charge is 0.344 e. The molecule has 3 aromatic carbocycles. The van der Waals surface area contributed by atoms with Crippen LogP contribution in [0.15, 0.2) is 71.7 Å². The highest BCUT2D eigenvalue weighted by Gasteiger charge is 2.19. The maximum atomic E-state index is 13.1. The molecule has 0 saturated carbocycles. The van der Waals surface area contributed by atoms with Gasteiger partial charge in [0.25, 0.3) is 0 Å². The van der Waals surface area contributed by atoms with Gasteiger partial charge in [-0.1, -0.05) is 41.9 Å². The summed E-state index contributed by atoms with van der Waals surface area (Å²) in [4.78, 5) is 58.0. The lowest BCUT2D eigenvalue weighted by Crippen LogP contribution is -2.37. The Bertz CT molecular complexity index is 1480. The van der Waals surface area contributed by atoms with Crippen LogP contribution in [0.4, 0.5) is 5.69 Å². The number of ether oxygens (including phenoxy) is 1. The van der Waals surface area contributed by atoms with E-state index in [0.29, 0.717) is 22.4 Å². The van der Waals surface area contributed by atoms with Crippen molar-refractivity contribution in [2.75, 3.05) is 6.54 Å². The summed E-state index contributed by atoms with van der Waals surface area (Å²) in [6.07, 6.45) is 0.0347. The number of guanidine groups is 1. The van der Waals surface area contributed by atoms with Crippen molar-refractivity contribution in [3.8, 4) is 5.75 Å². The molecule has 0 aliphatic heterocycles. The van der Waals surface area contributed by atoms with Crippen molar-refractivity contribution in [1.29, 1.82) is 0 Å². The van der Waals surface area contributed by atoms with Crippen LogP contribution in [0.2, 0.25) is 5.02 Å². The van der Waals surface area contributed by atoms with Crippen molar-refractivity contribution in [2.45, 2.75) is 25.8 Å². The Labute approximate surface area is 245 Å². The quantitative estimate of drug-likeness (QED) is 0.0509. The highest BCUT2D eigenvalue weighted by molar-refractivity contribution is 6.31. The van der Waals surface area contributed by atoms with Crippen LogP contribution in [0.5, 0.6) is 5.75 Å². The lowest BCUT2D eigenvalue weighted by Gasteiger charge is -2.22. The summed E-state index contributed by atoms with van der Waals surface area (Å²) >= 11 is 6.40. The third kappa shape index (κ3) is 9.59. The van der Waals surface area contributed by atoms with Crippen LogP contribution in [0.1, 0.15) is 33.5 Å². The van der Waals surface area contributed by atoms with E-state index in [4.69, 9.17) is 38.9 Å². The molecule has 8 N–H and O–H groups in total. The first kappa shape index (κ1) is 31.5. The van der Waals surface area contributed by atoms with E-state index in [9.17, 15) is 19.2 Å². The number of hydrogen-bond acceptors (Lipinski definition) is 9. The third-order valence-electron chi connectivity index (χ3n) is 5.87. The van der Waals surface area contributed by atoms with Crippen molar-refractivity contribution in [1.82, 2.24) is 10.3 Å². The number of carbonyl (C=O) groups is 4. The Morgan fingerprint density at radius 2 is 1.71 bits per heavy atom. The molecular weight excluding hydrogens is 568 g/mol. The van der Waals surface area contributed by atoms with Crippen LogP contribution in [0.3, 0.4) is 0 Å². The van der Waals surface area contributed by atoms with Crippen LogP contribution in [0.25, 0.3) is 0 Å². The summed E-state index contributed by atoms with van der Waals surface area (Å²) in [5.74, 6) is 7.55. The van der Waals surface area contributed by atoms with E-state index >= 15 is 0 Å². The first-order valence-electron chi connectivity index (χ1n) is 12.5. The van der Waals surface area contributed by atoms with Crippen LogP contribution < -0.4 is 27.6 Å². The molecule has 3 rings (SSSR count). The van der Waals surface area contributed by atoms with Crippen molar-refractivity contribution < 1.29 is 33.9 Å². The van der Waals surface area contributed by atoms with Crippen LogP contribution in [-0.2, 0) is 38.6 Å². The lowest BCUT2D eigenvalue weighted by molar-refractivity contribution is -0.150. The number of amides is 1. The van der Waals surface area contributed by atoms with E-state index in [1.165, 1.54) is 23.1 Å². The lowest BCUT2D eigenvalue weighted by atomic mass is 10.1. The summed E-state index contributed by atoms with van der Waals surface area (Å²) in [6, 6.07) is 17.5. The molecular formula is C28H29ClN6O7. The zero-order chi connectivity index (χ0) is 30.6. The van der Waals surface area contributed by atoms with E-state index in [2.05, 4.69) is 15.3 Å². The number of halogens is 1. The zero-order valence-corrected chi connectivity index (χ0v) is 23.0. The number of carboxylic acid groups (broad SMARTS) is 1. The number of carbonyl (C=O) groups excluding carboxylic acids is 3. The van der Waals surface area contributed by atoms with Gasteiger partial charge in [0.15, 0.2) is 0 Å². The molecule has 1 amide bonds. The van der Waals surface area contributed by atoms with Crippen molar-refractivity contribution in [3.05, 3.63) is 94.0 Å². The molecule has 0 bridgehead atoms. The Balaban J connectivity index is 1.63. The zero-order valence-electron chi connectivity index (χ0n) is 22.3. The van der Waals surface area contributed by atoms with Gasteiger partial charge in [0.05, 0.1) is 17.7 Å². The van der Waals surface area contributed by atoms with E-state index in [1.807, 2.05) is 0 Å². The molecule has 220 valence electrons. The molecule has 14 heteroatoms. The largest absolute Gasteiger partial charge is 0.481 e. The molecule has 0 heterocycles. The van der Waals surface area contributed by atoms with E-state index < -0.39 is 24.5 Å². The Hall–Kier alpha value is -4.98. The molecule has 0 aliphatic carbocycles. The maximum absolute atomic E-state index is 13.1. The number of hydrogen-bond donors (Lipinski definition) is 5. The first-order chi connectivity index (χ1) is 20.1. The highest BCUT2D eigenvalue weighted by atomic mass is 35.5. The normalized spacial score (nSPS) is 11.0. The number of carboxylic acids is 1. The van der Waals surface area contributed by atoms with Crippen LogP contribution in [-0.4, -0.2) is 46.3 Å². The van der Waals surface area contributed by atoms with Gasteiger partial charge in [-0.25, -0.2) is 20.4 Å². The highest BCUT2D eigenvalue weighted by Crippen LogP contribution is 2.25. The van der Waals surface area contributed by atoms with Gasteiger partial charge in [-0.05, 0) is 59.5 Å². The predicted molar refractivity (Wildman–Crippen MR) is 153 cm³/mol. The number of benzene rings is 3. The fourth-order valence-electron chi connectivity index (χ4n) is 3.86. The minimum Gasteiger partial charge on any atom is -0.481 e. The molecule has 0 atom stereocenters. The van der Waals surface area contributed by atoms with Crippen LogP contribution >= 0.6 is 11.6 Å². The summed E-state index contributed by atoms with van der Waals surface area (Å²) in [5.41, 5.74) is 10.3. The van der Waals surface area contributed by atoms with Gasteiger partial charge in [0.1, 0.15) is 12.3 Å². The average molecular weight is 597 g/mol. The Morgan fingerprint density at radius 1 is 1.00 bits per heavy atom. The van der Waals surface area contributed by atoms with Gasteiger partial charge in [-0.3, -0.25) is 15.0 Å². The minimum absolute atomic E-state index is 0.00938. The fraction of sp³-hybridized carbons (Fsp3) is 0.179. The Kier molecular flexibility index (Phi) is 11.4. The topological polar surface area (TPSA) is 213 Å². The molecule has 0 saturated heterocycles. The number of rotatable bonds is 12. The average Bonchev–Trinajstić information content (AvgIpc) is 2.96. The predicted octanol–water partition coefficient (Wildman–Crippen LogP) is 1.97. The van der Waals surface area contributed by atoms with Gasteiger partial charge >= 0.3 is 17.9 Å². The molecule has 0 unspecified atom stereocenters. The summed E-state index contributed by atoms with van der Waals surface area (Å²) in [5, 5.41) is 9.32. The van der Waals surface area contributed by atoms with Gasteiger partial charge in [-0.2, -0.15) is 5.90 Å².